The Bertz CT molecular complexity index is 585. The number of aromatic hydroxyl groups is 1. The van der Waals surface area contributed by atoms with Gasteiger partial charge in [-0.2, -0.15) is 0 Å². The SMILES string of the molecule is COc1cc(/C=C/C(=O)OC[C@@H]2OC(O)[C@H](O)[C@H]2O)ccc1O. The number of phenolic OH excluding ortho intramolecular Hbond substituents is 1. The third-order valence-corrected chi connectivity index (χ3v) is 3.34. The van der Waals surface area contributed by atoms with Crippen molar-refractivity contribution < 1.29 is 39.4 Å². The van der Waals surface area contributed by atoms with Crippen LogP contribution in [0, 0.1) is 0 Å². The fourth-order valence-electron chi connectivity index (χ4n) is 2.04. The van der Waals surface area contributed by atoms with E-state index in [0.717, 1.165) is 6.08 Å². The molecule has 1 saturated heterocycles. The Labute approximate surface area is 132 Å². The van der Waals surface area contributed by atoms with Gasteiger partial charge >= 0.3 is 5.97 Å². The van der Waals surface area contributed by atoms with Crippen molar-refractivity contribution in [3.63, 3.8) is 0 Å². The summed E-state index contributed by atoms with van der Waals surface area (Å²) in [6, 6.07) is 4.54. The van der Waals surface area contributed by atoms with Crippen LogP contribution in [0.4, 0.5) is 0 Å². The van der Waals surface area contributed by atoms with E-state index >= 15 is 0 Å². The second-order valence-corrected chi connectivity index (χ2v) is 4.94. The van der Waals surface area contributed by atoms with Gasteiger partial charge in [-0.05, 0) is 23.8 Å². The van der Waals surface area contributed by atoms with Crippen LogP contribution in [0.5, 0.6) is 11.5 Å². The molecule has 4 N–H and O–H groups in total. The third kappa shape index (κ3) is 4.20. The minimum atomic E-state index is -1.51. The zero-order valence-electron chi connectivity index (χ0n) is 12.3. The van der Waals surface area contributed by atoms with Crippen molar-refractivity contribution in [1.29, 1.82) is 0 Å². The maximum Gasteiger partial charge on any atom is 0.330 e. The molecule has 1 aliphatic heterocycles. The molecule has 1 heterocycles. The van der Waals surface area contributed by atoms with Crippen molar-refractivity contribution in [3.05, 3.63) is 29.8 Å². The van der Waals surface area contributed by atoms with E-state index < -0.39 is 30.6 Å². The maximum atomic E-state index is 11.6. The molecular weight excluding hydrogens is 308 g/mol. The Morgan fingerprint density at radius 3 is 2.65 bits per heavy atom. The minimum Gasteiger partial charge on any atom is -0.504 e. The summed E-state index contributed by atoms with van der Waals surface area (Å²) < 4.78 is 14.7. The monoisotopic (exact) mass is 326 g/mol. The number of carbonyl (C=O) groups excluding carboxylic acids is 1. The summed E-state index contributed by atoms with van der Waals surface area (Å²) >= 11 is 0. The van der Waals surface area contributed by atoms with Gasteiger partial charge in [-0.25, -0.2) is 4.79 Å². The molecule has 0 aliphatic carbocycles. The summed E-state index contributed by atoms with van der Waals surface area (Å²) in [4.78, 5) is 11.6. The molecule has 0 saturated carbocycles. The quantitative estimate of drug-likeness (QED) is 0.417. The second kappa shape index (κ2) is 7.42. The number of rotatable bonds is 5. The van der Waals surface area contributed by atoms with E-state index in [-0.39, 0.29) is 18.1 Å². The zero-order chi connectivity index (χ0) is 17.0. The molecule has 1 aromatic carbocycles. The highest BCUT2D eigenvalue weighted by molar-refractivity contribution is 5.87. The summed E-state index contributed by atoms with van der Waals surface area (Å²) in [7, 11) is 1.41. The Kier molecular flexibility index (Phi) is 5.56. The summed E-state index contributed by atoms with van der Waals surface area (Å²) in [6.07, 6.45) is -2.65. The molecule has 0 aromatic heterocycles. The number of hydrogen-bond donors (Lipinski definition) is 4. The van der Waals surface area contributed by atoms with E-state index in [2.05, 4.69) is 0 Å². The predicted molar refractivity (Wildman–Crippen MR) is 77.5 cm³/mol. The van der Waals surface area contributed by atoms with Gasteiger partial charge < -0.3 is 34.6 Å². The first-order valence-corrected chi connectivity index (χ1v) is 6.84. The lowest BCUT2D eigenvalue weighted by molar-refractivity contribution is -0.153. The average molecular weight is 326 g/mol. The number of carbonyl (C=O) groups is 1. The lowest BCUT2D eigenvalue weighted by atomic mass is 10.1. The summed E-state index contributed by atoms with van der Waals surface area (Å²) in [6.45, 7) is -0.308. The van der Waals surface area contributed by atoms with Crippen LogP contribution in [0.3, 0.4) is 0 Å². The van der Waals surface area contributed by atoms with Crippen LogP contribution in [0.25, 0.3) is 6.08 Å². The van der Waals surface area contributed by atoms with E-state index in [0.29, 0.717) is 5.56 Å². The molecule has 0 bridgehead atoms. The van der Waals surface area contributed by atoms with Crippen LogP contribution in [-0.4, -0.2) is 64.7 Å². The van der Waals surface area contributed by atoms with Crippen LogP contribution < -0.4 is 4.74 Å². The average Bonchev–Trinajstić information content (AvgIpc) is 2.79. The fourth-order valence-corrected chi connectivity index (χ4v) is 2.04. The molecule has 1 aromatic rings. The molecule has 8 nitrogen and oxygen atoms in total. The maximum absolute atomic E-state index is 11.6. The number of aliphatic hydroxyl groups is 3. The summed E-state index contributed by atoms with van der Waals surface area (Å²) in [5, 5.41) is 37.5. The molecule has 1 fully saturated rings. The van der Waals surface area contributed by atoms with Crippen molar-refractivity contribution in [2.75, 3.05) is 13.7 Å². The largest absolute Gasteiger partial charge is 0.504 e. The Morgan fingerprint density at radius 2 is 2.04 bits per heavy atom. The molecule has 1 unspecified atom stereocenters. The molecule has 0 radical (unpaired) electrons. The lowest BCUT2D eigenvalue weighted by Crippen LogP contribution is -2.34. The van der Waals surface area contributed by atoms with Gasteiger partial charge in [0.2, 0.25) is 0 Å². The number of aliphatic hydroxyl groups excluding tert-OH is 3. The van der Waals surface area contributed by atoms with Crippen molar-refractivity contribution in [3.8, 4) is 11.5 Å². The molecule has 8 heteroatoms. The van der Waals surface area contributed by atoms with Gasteiger partial charge in [0.1, 0.15) is 24.9 Å². The van der Waals surface area contributed by atoms with E-state index in [1.807, 2.05) is 0 Å². The summed E-state index contributed by atoms with van der Waals surface area (Å²) in [5.41, 5.74) is 0.611. The normalized spacial score (nSPS) is 27.3. The zero-order valence-corrected chi connectivity index (χ0v) is 12.3. The number of benzene rings is 1. The molecule has 4 atom stereocenters. The van der Waals surface area contributed by atoms with Crippen LogP contribution in [0.2, 0.25) is 0 Å². The smallest absolute Gasteiger partial charge is 0.330 e. The number of methoxy groups -OCH3 is 1. The summed E-state index contributed by atoms with van der Waals surface area (Å²) in [5.74, 6) is -0.439. The second-order valence-electron chi connectivity index (χ2n) is 4.94. The highest BCUT2D eigenvalue weighted by Crippen LogP contribution is 2.26. The van der Waals surface area contributed by atoms with Crippen molar-refractivity contribution in [1.82, 2.24) is 0 Å². The van der Waals surface area contributed by atoms with Gasteiger partial charge in [-0.15, -0.1) is 0 Å². The van der Waals surface area contributed by atoms with Gasteiger partial charge in [-0.3, -0.25) is 0 Å². The Hall–Kier alpha value is -2.13. The van der Waals surface area contributed by atoms with Gasteiger partial charge in [0.05, 0.1) is 7.11 Å². The number of phenols is 1. The molecular formula is C15H18O8. The minimum absolute atomic E-state index is 0.0169. The van der Waals surface area contributed by atoms with Gasteiger partial charge in [0, 0.05) is 6.08 Å². The fraction of sp³-hybridized carbons (Fsp3) is 0.400. The Balaban J connectivity index is 1.87. The number of esters is 1. The number of ether oxygens (including phenoxy) is 3. The molecule has 126 valence electrons. The van der Waals surface area contributed by atoms with Gasteiger partial charge in [0.15, 0.2) is 17.8 Å². The topological polar surface area (TPSA) is 126 Å². The van der Waals surface area contributed by atoms with E-state index in [1.165, 1.54) is 25.3 Å². The first kappa shape index (κ1) is 17.2. The molecule has 23 heavy (non-hydrogen) atoms. The van der Waals surface area contributed by atoms with Crippen LogP contribution in [0.1, 0.15) is 5.56 Å². The first-order valence-electron chi connectivity index (χ1n) is 6.84. The Morgan fingerprint density at radius 1 is 1.30 bits per heavy atom. The van der Waals surface area contributed by atoms with Crippen molar-refractivity contribution in [2.45, 2.75) is 24.6 Å². The van der Waals surface area contributed by atoms with Crippen LogP contribution >= 0.6 is 0 Å². The van der Waals surface area contributed by atoms with E-state index in [4.69, 9.17) is 14.2 Å². The molecule has 0 amide bonds. The highest BCUT2D eigenvalue weighted by atomic mass is 16.7. The highest BCUT2D eigenvalue weighted by Gasteiger charge is 2.42. The lowest BCUT2D eigenvalue weighted by Gasteiger charge is -2.13. The standard InChI is InChI=1S/C15H18O8/c1-21-10-6-8(2-4-9(10)16)3-5-12(17)22-7-11-13(18)14(19)15(20)23-11/h2-6,11,13-16,18-20H,7H2,1H3/b5-3+/t11-,13-,14+,15?/m0/s1. The van der Waals surface area contributed by atoms with Gasteiger partial charge in [0.25, 0.3) is 0 Å². The third-order valence-electron chi connectivity index (χ3n) is 3.34. The molecule has 1 aliphatic rings. The van der Waals surface area contributed by atoms with E-state index in [9.17, 15) is 25.2 Å². The number of hydrogen-bond acceptors (Lipinski definition) is 8. The molecule has 0 spiro atoms. The van der Waals surface area contributed by atoms with Crippen molar-refractivity contribution >= 4 is 12.0 Å². The van der Waals surface area contributed by atoms with Crippen LogP contribution in [0.15, 0.2) is 24.3 Å². The van der Waals surface area contributed by atoms with Crippen LogP contribution in [-0.2, 0) is 14.3 Å². The predicted octanol–water partition coefficient (Wildman–Crippen LogP) is -0.604. The van der Waals surface area contributed by atoms with Crippen molar-refractivity contribution in [2.24, 2.45) is 0 Å². The first-order chi connectivity index (χ1) is 10.9. The van der Waals surface area contributed by atoms with Gasteiger partial charge in [-0.1, -0.05) is 6.07 Å². The van der Waals surface area contributed by atoms with E-state index in [1.54, 1.807) is 6.07 Å². The molecule has 2 rings (SSSR count).